The highest BCUT2D eigenvalue weighted by Gasteiger charge is 2.19. The van der Waals surface area contributed by atoms with Crippen molar-refractivity contribution >= 4 is 17.8 Å². The van der Waals surface area contributed by atoms with Crippen molar-refractivity contribution < 1.29 is 4.74 Å². The molecule has 3 heterocycles. The lowest BCUT2D eigenvalue weighted by Gasteiger charge is -2.30. The number of unbranched alkanes of at least 4 members (excludes halogenated alkanes) is 1. The van der Waals surface area contributed by atoms with Crippen LogP contribution in [0.5, 0.6) is 5.75 Å². The van der Waals surface area contributed by atoms with Crippen molar-refractivity contribution in [2.75, 3.05) is 46.4 Å². The molecule has 2 N–H and O–H groups in total. The minimum Gasteiger partial charge on any atom is -0.493 e. The van der Waals surface area contributed by atoms with Crippen LogP contribution >= 0.6 is 11.6 Å². The molecule has 160 valence electrons. The normalized spacial score (nSPS) is 20.3. The molecular formula is C21H33ClN6O. The van der Waals surface area contributed by atoms with E-state index in [2.05, 4.69) is 32.4 Å². The summed E-state index contributed by atoms with van der Waals surface area (Å²) in [5, 5.41) is 7.40. The highest BCUT2D eigenvalue weighted by atomic mass is 35.5. The first-order valence-corrected chi connectivity index (χ1v) is 10.8. The number of ether oxygens (including phenoxy) is 1. The maximum absolute atomic E-state index is 6.31. The molecule has 3 rings (SSSR count). The molecular weight excluding hydrogens is 388 g/mol. The predicted octanol–water partition coefficient (Wildman–Crippen LogP) is 2.31. The number of hydrogen-bond acceptors (Lipinski definition) is 7. The third-order valence-corrected chi connectivity index (χ3v) is 5.84. The fraction of sp³-hybridized carbons (Fsp3) is 0.619. The fourth-order valence-electron chi connectivity index (χ4n) is 3.51. The molecule has 8 heteroatoms. The van der Waals surface area contributed by atoms with Crippen molar-refractivity contribution in [3.63, 3.8) is 0 Å². The maximum atomic E-state index is 6.31. The Balaban J connectivity index is 1.47. The molecule has 0 bridgehead atoms. The monoisotopic (exact) mass is 420 g/mol. The number of halogens is 1. The van der Waals surface area contributed by atoms with Gasteiger partial charge in [-0.25, -0.2) is 0 Å². The Labute approximate surface area is 179 Å². The zero-order chi connectivity index (χ0) is 20.6. The predicted molar refractivity (Wildman–Crippen MR) is 118 cm³/mol. The van der Waals surface area contributed by atoms with Crippen LogP contribution in [0.2, 0.25) is 0 Å². The Kier molecular flexibility index (Phi) is 8.15. The van der Waals surface area contributed by atoms with Gasteiger partial charge in [-0.15, -0.1) is 0 Å². The van der Waals surface area contributed by atoms with E-state index in [0.717, 1.165) is 75.0 Å². The van der Waals surface area contributed by atoms with Gasteiger partial charge in [-0.05, 0) is 39.3 Å². The summed E-state index contributed by atoms with van der Waals surface area (Å²) in [6.07, 6.45) is 5.80. The van der Waals surface area contributed by atoms with Crippen LogP contribution in [0.3, 0.4) is 0 Å². The molecule has 1 fully saturated rings. The first kappa shape index (κ1) is 21.9. The van der Waals surface area contributed by atoms with E-state index in [-0.39, 0.29) is 6.17 Å². The smallest absolute Gasteiger partial charge is 0.125 e. The minimum absolute atomic E-state index is 0.0601. The maximum Gasteiger partial charge on any atom is 0.125 e. The molecule has 7 nitrogen and oxygen atoms in total. The van der Waals surface area contributed by atoms with Gasteiger partial charge in [-0.3, -0.25) is 9.98 Å². The van der Waals surface area contributed by atoms with E-state index in [1.165, 1.54) is 0 Å². The van der Waals surface area contributed by atoms with Crippen LogP contribution in [0.15, 0.2) is 28.1 Å². The topological polar surface area (TPSA) is 65.0 Å². The molecule has 0 saturated carbocycles. The van der Waals surface area contributed by atoms with Gasteiger partial charge in [0, 0.05) is 51.2 Å². The second-order valence-corrected chi connectivity index (χ2v) is 8.01. The first-order chi connectivity index (χ1) is 14.1. The van der Waals surface area contributed by atoms with Gasteiger partial charge in [0.1, 0.15) is 17.7 Å². The quantitative estimate of drug-likeness (QED) is 0.598. The second kappa shape index (κ2) is 10.8. The zero-order valence-electron chi connectivity index (χ0n) is 17.7. The number of allylic oxidation sites excluding steroid dienone is 1. The van der Waals surface area contributed by atoms with Crippen molar-refractivity contribution in [2.45, 2.75) is 39.4 Å². The number of nitrogens with one attached hydrogen (secondary N) is 2. The van der Waals surface area contributed by atoms with Crippen molar-refractivity contribution in [2.24, 2.45) is 4.99 Å². The Morgan fingerprint density at radius 3 is 2.90 bits per heavy atom. The summed E-state index contributed by atoms with van der Waals surface area (Å²) < 4.78 is 6.05. The number of hydrogen-bond donors (Lipinski definition) is 2. The van der Waals surface area contributed by atoms with Gasteiger partial charge >= 0.3 is 0 Å². The molecule has 1 unspecified atom stereocenters. The molecule has 0 spiro atoms. The van der Waals surface area contributed by atoms with Crippen LogP contribution in [0.1, 0.15) is 31.0 Å². The van der Waals surface area contributed by atoms with Gasteiger partial charge < -0.3 is 25.2 Å². The summed E-state index contributed by atoms with van der Waals surface area (Å²) in [5.41, 5.74) is 2.03. The molecule has 0 amide bonds. The van der Waals surface area contributed by atoms with Gasteiger partial charge in [0.25, 0.3) is 0 Å². The number of rotatable bonds is 9. The summed E-state index contributed by atoms with van der Waals surface area (Å²) in [6, 6.07) is 1.95. The molecule has 29 heavy (non-hydrogen) atoms. The number of piperazine rings is 1. The highest BCUT2D eigenvalue weighted by molar-refractivity contribution is 6.39. The average Bonchev–Trinajstić information content (AvgIpc) is 2.73. The highest BCUT2D eigenvalue weighted by Crippen LogP contribution is 2.22. The number of aromatic nitrogens is 1. The number of nitrogens with zero attached hydrogens (tertiary/aromatic N) is 4. The molecule has 0 aliphatic carbocycles. The van der Waals surface area contributed by atoms with Crippen molar-refractivity contribution in [3.8, 4) is 5.75 Å². The van der Waals surface area contributed by atoms with E-state index in [4.69, 9.17) is 16.3 Å². The van der Waals surface area contributed by atoms with Crippen molar-refractivity contribution in [1.29, 1.82) is 0 Å². The van der Waals surface area contributed by atoms with Gasteiger partial charge in [0.05, 0.1) is 23.9 Å². The SMILES string of the molecule is Cc1c(OCCCCN2CCNCC2)ccnc1CNC1=C(Cl)C=NC(C)N1C. The number of aliphatic imine (C=N–C) groups is 1. The molecule has 1 atom stereocenters. The fourth-order valence-corrected chi connectivity index (χ4v) is 3.77. The van der Waals surface area contributed by atoms with Gasteiger partial charge in [0.15, 0.2) is 0 Å². The lowest BCUT2D eigenvalue weighted by molar-refractivity contribution is 0.226. The van der Waals surface area contributed by atoms with E-state index in [0.29, 0.717) is 11.6 Å². The summed E-state index contributed by atoms with van der Waals surface area (Å²) in [6.45, 7) is 11.1. The first-order valence-electron chi connectivity index (χ1n) is 10.5. The van der Waals surface area contributed by atoms with Crippen molar-refractivity contribution in [3.05, 3.63) is 34.4 Å². The molecule has 1 aromatic rings. The van der Waals surface area contributed by atoms with Crippen LogP contribution in [0.25, 0.3) is 0 Å². The standard InChI is InChI=1S/C21H33ClN6O/c1-16-19(15-26-21-18(22)14-25-17(2)27(21)3)24-7-6-20(16)29-13-5-4-10-28-11-8-23-9-12-28/h6-7,14,17,23,26H,4-5,8-13,15H2,1-3H3. The van der Waals surface area contributed by atoms with E-state index in [1.54, 1.807) is 6.21 Å². The van der Waals surface area contributed by atoms with Crippen LogP contribution in [0, 0.1) is 6.92 Å². The average molecular weight is 421 g/mol. The third kappa shape index (κ3) is 6.07. The summed E-state index contributed by atoms with van der Waals surface area (Å²) in [4.78, 5) is 13.4. The van der Waals surface area contributed by atoms with Crippen LogP contribution in [-0.2, 0) is 6.54 Å². The Bertz CT molecular complexity index is 732. The summed E-state index contributed by atoms with van der Waals surface area (Å²) >= 11 is 6.31. The molecule has 0 aromatic carbocycles. The minimum atomic E-state index is 0.0601. The lowest BCUT2D eigenvalue weighted by Crippen LogP contribution is -2.43. The Morgan fingerprint density at radius 2 is 2.10 bits per heavy atom. The summed E-state index contributed by atoms with van der Waals surface area (Å²) in [7, 11) is 1.98. The van der Waals surface area contributed by atoms with Gasteiger partial charge in [-0.2, -0.15) is 0 Å². The van der Waals surface area contributed by atoms with Crippen LogP contribution in [0.4, 0.5) is 0 Å². The van der Waals surface area contributed by atoms with Crippen LogP contribution in [-0.4, -0.2) is 73.5 Å². The van der Waals surface area contributed by atoms with Crippen molar-refractivity contribution in [1.82, 2.24) is 25.4 Å². The van der Waals surface area contributed by atoms with E-state index >= 15 is 0 Å². The van der Waals surface area contributed by atoms with E-state index < -0.39 is 0 Å². The third-order valence-electron chi connectivity index (χ3n) is 5.56. The zero-order valence-corrected chi connectivity index (χ0v) is 18.5. The van der Waals surface area contributed by atoms with Crippen LogP contribution < -0.4 is 15.4 Å². The molecule has 1 aromatic heterocycles. The number of pyridine rings is 1. The lowest BCUT2D eigenvalue weighted by atomic mass is 10.2. The Morgan fingerprint density at radius 1 is 1.31 bits per heavy atom. The van der Waals surface area contributed by atoms with Gasteiger partial charge in [-0.1, -0.05) is 11.6 Å². The molecule has 2 aliphatic heterocycles. The molecule has 2 aliphatic rings. The summed E-state index contributed by atoms with van der Waals surface area (Å²) in [5.74, 6) is 1.78. The second-order valence-electron chi connectivity index (χ2n) is 7.60. The molecule has 0 radical (unpaired) electrons. The van der Waals surface area contributed by atoms with Gasteiger partial charge in [0.2, 0.25) is 0 Å². The van der Waals surface area contributed by atoms with E-state index in [1.807, 2.05) is 31.1 Å². The van der Waals surface area contributed by atoms with E-state index in [9.17, 15) is 0 Å². The largest absolute Gasteiger partial charge is 0.493 e. The Hall–Kier alpha value is -1.83. The molecule has 1 saturated heterocycles.